The maximum Gasteiger partial charge on any atom is 0.124 e. The van der Waals surface area contributed by atoms with Crippen LogP contribution in [0.15, 0.2) is 42.5 Å². The van der Waals surface area contributed by atoms with Gasteiger partial charge in [0.05, 0.1) is 13.2 Å². The summed E-state index contributed by atoms with van der Waals surface area (Å²) in [6.07, 6.45) is 0. The highest BCUT2D eigenvalue weighted by Crippen LogP contribution is 2.28. The molecule has 2 rings (SSSR count). The number of nitrogens with one attached hydrogen (secondary N) is 1. The van der Waals surface area contributed by atoms with E-state index in [-0.39, 0.29) is 6.04 Å². The largest absolute Gasteiger partial charge is 0.496 e. The summed E-state index contributed by atoms with van der Waals surface area (Å²) in [7, 11) is 1.66. The highest BCUT2D eigenvalue weighted by atomic mass is 35.5. The van der Waals surface area contributed by atoms with Crippen molar-refractivity contribution in [2.24, 2.45) is 5.73 Å². The smallest absolute Gasteiger partial charge is 0.124 e. The molecule has 0 aliphatic rings. The van der Waals surface area contributed by atoms with Gasteiger partial charge in [0.25, 0.3) is 0 Å². The molecule has 0 saturated heterocycles. The van der Waals surface area contributed by atoms with Crippen molar-refractivity contribution < 1.29 is 4.74 Å². The van der Waals surface area contributed by atoms with E-state index in [2.05, 4.69) is 5.32 Å². The minimum absolute atomic E-state index is 0.0232. The number of ether oxygens (including phenoxy) is 1. The van der Waals surface area contributed by atoms with E-state index in [1.807, 2.05) is 49.4 Å². The van der Waals surface area contributed by atoms with E-state index >= 15 is 0 Å². The standard InChI is InChI=1S/C16H19ClN2O/c1-11-7-8-12(9-14(11)17)19-15(10-18)13-5-3-4-6-16(13)20-2/h3-9,15,19H,10,18H2,1-2H3. The van der Waals surface area contributed by atoms with Crippen LogP contribution in [0.3, 0.4) is 0 Å². The molecule has 0 saturated carbocycles. The van der Waals surface area contributed by atoms with Crippen molar-refractivity contribution in [1.29, 1.82) is 0 Å². The van der Waals surface area contributed by atoms with Crippen LogP contribution in [0.2, 0.25) is 5.02 Å². The molecule has 106 valence electrons. The molecule has 3 nitrogen and oxygen atoms in total. The molecular formula is C16H19ClN2O. The van der Waals surface area contributed by atoms with Crippen molar-refractivity contribution >= 4 is 17.3 Å². The van der Waals surface area contributed by atoms with Crippen LogP contribution >= 0.6 is 11.6 Å². The molecule has 0 fully saturated rings. The Balaban J connectivity index is 2.26. The molecular weight excluding hydrogens is 272 g/mol. The molecule has 0 radical (unpaired) electrons. The summed E-state index contributed by atoms with van der Waals surface area (Å²) in [4.78, 5) is 0. The quantitative estimate of drug-likeness (QED) is 0.881. The first-order chi connectivity index (χ1) is 9.65. The fraction of sp³-hybridized carbons (Fsp3) is 0.250. The molecule has 0 aliphatic carbocycles. The van der Waals surface area contributed by atoms with Crippen LogP contribution < -0.4 is 15.8 Å². The van der Waals surface area contributed by atoms with E-state index < -0.39 is 0 Å². The molecule has 0 bridgehead atoms. The Morgan fingerprint density at radius 3 is 2.65 bits per heavy atom. The van der Waals surface area contributed by atoms with Crippen LogP contribution in [0.4, 0.5) is 5.69 Å². The highest BCUT2D eigenvalue weighted by molar-refractivity contribution is 6.31. The van der Waals surface area contributed by atoms with Gasteiger partial charge in [-0.3, -0.25) is 0 Å². The molecule has 3 N–H and O–H groups in total. The minimum atomic E-state index is -0.0232. The lowest BCUT2D eigenvalue weighted by atomic mass is 10.1. The number of hydrogen-bond donors (Lipinski definition) is 2. The molecule has 4 heteroatoms. The first-order valence-corrected chi connectivity index (χ1v) is 6.89. The van der Waals surface area contributed by atoms with Gasteiger partial charge < -0.3 is 15.8 Å². The topological polar surface area (TPSA) is 47.3 Å². The van der Waals surface area contributed by atoms with Crippen LogP contribution in [-0.2, 0) is 0 Å². The number of aryl methyl sites for hydroxylation is 1. The zero-order chi connectivity index (χ0) is 14.5. The number of rotatable bonds is 5. The number of benzene rings is 2. The fourth-order valence-electron chi connectivity index (χ4n) is 2.10. The summed E-state index contributed by atoms with van der Waals surface area (Å²) in [6.45, 7) is 2.44. The number of nitrogens with two attached hydrogens (primary N) is 1. The molecule has 2 aromatic rings. The molecule has 0 heterocycles. The van der Waals surface area contributed by atoms with Gasteiger partial charge in [-0.1, -0.05) is 35.9 Å². The average molecular weight is 291 g/mol. The van der Waals surface area contributed by atoms with Gasteiger partial charge in [0.15, 0.2) is 0 Å². The minimum Gasteiger partial charge on any atom is -0.496 e. The Kier molecular flexibility index (Phi) is 4.88. The zero-order valence-electron chi connectivity index (χ0n) is 11.7. The Labute approximate surface area is 124 Å². The number of anilines is 1. The summed E-state index contributed by atoms with van der Waals surface area (Å²) in [5.41, 5.74) is 8.93. The second kappa shape index (κ2) is 6.64. The molecule has 0 amide bonds. The van der Waals surface area contributed by atoms with Crippen LogP contribution in [0.25, 0.3) is 0 Å². The Morgan fingerprint density at radius 1 is 1.25 bits per heavy atom. The fourth-order valence-corrected chi connectivity index (χ4v) is 2.28. The average Bonchev–Trinajstić information content (AvgIpc) is 2.48. The van der Waals surface area contributed by atoms with Crippen molar-refractivity contribution in [3.05, 3.63) is 58.6 Å². The molecule has 0 aliphatic heterocycles. The predicted octanol–water partition coefficient (Wildman–Crippen LogP) is 3.77. The zero-order valence-corrected chi connectivity index (χ0v) is 12.4. The third-order valence-electron chi connectivity index (χ3n) is 3.26. The van der Waals surface area contributed by atoms with E-state index in [0.717, 1.165) is 27.6 Å². The van der Waals surface area contributed by atoms with Crippen LogP contribution in [0.1, 0.15) is 17.2 Å². The lowest BCUT2D eigenvalue weighted by molar-refractivity contribution is 0.407. The second-order valence-electron chi connectivity index (χ2n) is 4.64. The first-order valence-electron chi connectivity index (χ1n) is 6.51. The van der Waals surface area contributed by atoms with E-state index in [4.69, 9.17) is 22.1 Å². The SMILES string of the molecule is COc1ccccc1C(CN)Nc1ccc(C)c(Cl)c1. The van der Waals surface area contributed by atoms with E-state index in [1.54, 1.807) is 7.11 Å². The number of halogens is 1. The maximum absolute atomic E-state index is 6.15. The second-order valence-corrected chi connectivity index (χ2v) is 5.05. The summed E-state index contributed by atoms with van der Waals surface area (Å²) >= 11 is 6.15. The predicted molar refractivity (Wildman–Crippen MR) is 84.6 cm³/mol. The summed E-state index contributed by atoms with van der Waals surface area (Å²) < 4.78 is 5.39. The number of methoxy groups -OCH3 is 1. The van der Waals surface area contributed by atoms with Gasteiger partial charge in [-0.2, -0.15) is 0 Å². The van der Waals surface area contributed by atoms with Crippen molar-refractivity contribution in [3.63, 3.8) is 0 Å². The van der Waals surface area contributed by atoms with Crippen LogP contribution in [-0.4, -0.2) is 13.7 Å². The summed E-state index contributed by atoms with van der Waals surface area (Å²) in [6, 6.07) is 13.7. The van der Waals surface area contributed by atoms with Gasteiger partial charge in [0.1, 0.15) is 5.75 Å². The van der Waals surface area contributed by atoms with Crippen LogP contribution in [0.5, 0.6) is 5.75 Å². The maximum atomic E-state index is 6.15. The third kappa shape index (κ3) is 3.24. The molecule has 0 aromatic heterocycles. The van der Waals surface area contributed by atoms with E-state index in [1.165, 1.54) is 0 Å². The van der Waals surface area contributed by atoms with Crippen molar-refractivity contribution in [1.82, 2.24) is 0 Å². The van der Waals surface area contributed by atoms with E-state index in [0.29, 0.717) is 6.54 Å². The van der Waals surface area contributed by atoms with E-state index in [9.17, 15) is 0 Å². The van der Waals surface area contributed by atoms with Crippen molar-refractivity contribution in [2.75, 3.05) is 19.0 Å². The van der Waals surface area contributed by atoms with Gasteiger partial charge in [-0.05, 0) is 30.7 Å². The lowest BCUT2D eigenvalue weighted by Crippen LogP contribution is -2.21. The number of hydrogen-bond acceptors (Lipinski definition) is 3. The molecule has 1 atom stereocenters. The van der Waals surface area contributed by atoms with Gasteiger partial charge in [0, 0.05) is 22.8 Å². The molecule has 0 spiro atoms. The third-order valence-corrected chi connectivity index (χ3v) is 3.67. The summed E-state index contributed by atoms with van der Waals surface area (Å²) in [5.74, 6) is 0.827. The highest BCUT2D eigenvalue weighted by Gasteiger charge is 2.14. The van der Waals surface area contributed by atoms with Gasteiger partial charge in [0.2, 0.25) is 0 Å². The summed E-state index contributed by atoms with van der Waals surface area (Å²) in [5, 5.41) is 4.14. The van der Waals surface area contributed by atoms with Gasteiger partial charge in [-0.15, -0.1) is 0 Å². The normalized spacial score (nSPS) is 12.0. The van der Waals surface area contributed by atoms with Gasteiger partial charge >= 0.3 is 0 Å². The number of para-hydroxylation sites is 1. The molecule has 20 heavy (non-hydrogen) atoms. The monoisotopic (exact) mass is 290 g/mol. The molecule has 2 aromatic carbocycles. The van der Waals surface area contributed by atoms with Crippen molar-refractivity contribution in [3.8, 4) is 5.75 Å². The van der Waals surface area contributed by atoms with Crippen molar-refractivity contribution in [2.45, 2.75) is 13.0 Å². The molecule has 1 unspecified atom stereocenters. The first kappa shape index (κ1) is 14.7. The lowest BCUT2D eigenvalue weighted by Gasteiger charge is -2.21. The Bertz CT molecular complexity index is 586. The van der Waals surface area contributed by atoms with Crippen LogP contribution in [0, 0.1) is 6.92 Å². The van der Waals surface area contributed by atoms with Gasteiger partial charge in [-0.25, -0.2) is 0 Å². The Morgan fingerprint density at radius 2 is 2.00 bits per heavy atom. The Hall–Kier alpha value is -1.71.